The molecule has 0 aromatic heterocycles. The van der Waals surface area contributed by atoms with Crippen molar-refractivity contribution in [3.05, 3.63) is 35.9 Å². The van der Waals surface area contributed by atoms with Crippen molar-refractivity contribution in [2.45, 2.75) is 52.2 Å². The van der Waals surface area contributed by atoms with E-state index in [9.17, 15) is 0 Å². The second-order valence-corrected chi connectivity index (χ2v) is 5.60. The Bertz CT molecular complexity index is 323. The van der Waals surface area contributed by atoms with Crippen LogP contribution in [0.15, 0.2) is 30.3 Å². The molecule has 0 aliphatic carbocycles. The standard InChI is InChI=1S/C17H29NO/c1-5-13-18-16(12-11-14(2)3)17(19-4)15-9-7-6-8-10-15/h6-10,14,16-18H,5,11-13H2,1-4H3. The van der Waals surface area contributed by atoms with Gasteiger partial charge in [-0.3, -0.25) is 0 Å². The summed E-state index contributed by atoms with van der Waals surface area (Å²) in [5, 5.41) is 3.65. The quantitative estimate of drug-likeness (QED) is 0.721. The number of ether oxygens (including phenoxy) is 1. The normalized spacial score (nSPS) is 14.6. The van der Waals surface area contributed by atoms with Gasteiger partial charge in [0.25, 0.3) is 0 Å². The van der Waals surface area contributed by atoms with Gasteiger partial charge in [-0.25, -0.2) is 0 Å². The van der Waals surface area contributed by atoms with E-state index in [4.69, 9.17) is 4.74 Å². The van der Waals surface area contributed by atoms with Crippen LogP contribution in [0.1, 0.15) is 51.7 Å². The molecule has 1 aromatic carbocycles. The molecule has 0 radical (unpaired) electrons. The summed E-state index contributed by atoms with van der Waals surface area (Å²) in [7, 11) is 1.81. The predicted molar refractivity (Wildman–Crippen MR) is 82.3 cm³/mol. The van der Waals surface area contributed by atoms with Crippen LogP contribution in [0.3, 0.4) is 0 Å². The first-order chi connectivity index (χ1) is 9.19. The monoisotopic (exact) mass is 263 g/mol. The molecule has 0 saturated heterocycles. The van der Waals surface area contributed by atoms with Gasteiger partial charge in [0.2, 0.25) is 0 Å². The molecule has 2 nitrogen and oxygen atoms in total. The van der Waals surface area contributed by atoms with Crippen LogP contribution in [0.25, 0.3) is 0 Å². The van der Waals surface area contributed by atoms with Crippen molar-refractivity contribution in [1.29, 1.82) is 0 Å². The van der Waals surface area contributed by atoms with Crippen LogP contribution < -0.4 is 5.32 Å². The van der Waals surface area contributed by atoms with Gasteiger partial charge >= 0.3 is 0 Å². The largest absolute Gasteiger partial charge is 0.375 e. The smallest absolute Gasteiger partial charge is 0.0973 e. The molecular formula is C17H29NO. The molecule has 0 saturated carbocycles. The average molecular weight is 263 g/mol. The Kier molecular flexibility index (Phi) is 7.76. The fourth-order valence-corrected chi connectivity index (χ4v) is 2.38. The van der Waals surface area contributed by atoms with Crippen molar-refractivity contribution in [2.75, 3.05) is 13.7 Å². The summed E-state index contributed by atoms with van der Waals surface area (Å²) in [4.78, 5) is 0. The maximum absolute atomic E-state index is 5.77. The molecule has 0 amide bonds. The van der Waals surface area contributed by atoms with Gasteiger partial charge in [0, 0.05) is 13.2 Å². The second-order valence-electron chi connectivity index (χ2n) is 5.60. The Hall–Kier alpha value is -0.860. The van der Waals surface area contributed by atoms with Crippen molar-refractivity contribution in [3.63, 3.8) is 0 Å². The Labute approximate surface area is 118 Å². The zero-order valence-electron chi connectivity index (χ0n) is 12.9. The van der Waals surface area contributed by atoms with Crippen LogP contribution in [0, 0.1) is 5.92 Å². The summed E-state index contributed by atoms with van der Waals surface area (Å²) in [6.45, 7) is 7.81. The SMILES string of the molecule is CCCNC(CCC(C)C)C(OC)c1ccccc1. The lowest BCUT2D eigenvalue weighted by molar-refractivity contribution is 0.0630. The minimum absolute atomic E-state index is 0.145. The van der Waals surface area contributed by atoms with Crippen molar-refractivity contribution in [3.8, 4) is 0 Å². The third kappa shape index (κ3) is 5.75. The summed E-state index contributed by atoms with van der Waals surface area (Å²) >= 11 is 0. The van der Waals surface area contributed by atoms with E-state index in [2.05, 4.69) is 56.4 Å². The van der Waals surface area contributed by atoms with Crippen LogP contribution in [-0.2, 0) is 4.74 Å². The summed E-state index contributed by atoms with van der Waals surface area (Å²) in [5.41, 5.74) is 1.27. The van der Waals surface area contributed by atoms with E-state index in [0.29, 0.717) is 6.04 Å². The van der Waals surface area contributed by atoms with Gasteiger partial charge in [-0.2, -0.15) is 0 Å². The maximum Gasteiger partial charge on any atom is 0.0973 e. The zero-order valence-corrected chi connectivity index (χ0v) is 12.9. The first-order valence-electron chi connectivity index (χ1n) is 7.50. The van der Waals surface area contributed by atoms with E-state index in [1.807, 2.05) is 7.11 Å². The predicted octanol–water partition coefficient (Wildman–Crippen LogP) is 4.18. The van der Waals surface area contributed by atoms with Gasteiger partial charge in [-0.15, -0.1) is 0 Å². The molecule has 0 spiro atoms. The molecule has 0 aliphatic heterocycles. The number of hydrogen-bond acceptors (Lipinski definition) is 2. The Morgan fingerprint density at radius 2 is 1.79 bits per heavy atom. The minimum Gasteiger partial charge on any atom is -0.375 e. The maximum atomic E-state index is 5.77. The number of benzene rings is 1. The van der Waals surface area contributed by atoms with Crippen molar-refractivity contribution >= 4 is 0 Å². The van der Waals surface area contributed by atoms with E-state index in [0.717, 1.165) is 25.3 Å². The van der Waals surface area contributed by atoms with Crippen LogP contribution in [0.5, 0.6) is 0 Å². The second kappa shape index (κ2) is 9.11. The lowest BCUT2D eigenvalue weighted by Gasteiger charge is -2.28. The van der Waals surface area contributed by atoms with Crippen molar-refractivity contribution in [1.82, 2.24) is 5.32 Å². The minimum atomic E-state index is 0.145. The Balaban J connectivity index is 2.74. The van der Waals surface area contributed by atoms with Gasteiger partial charge in [0.15, 0.2) is 0 Å². The molecule has 1 N–H and O–H groups in total. The molecule has 19 heavy (non-hydrogen) atoms. The number of methoxy groups -OCH3 is 1. The van der Waals surface area contributed by atoms with Crippen LogP contribution in [-0.4, -0.2) is 19.7 Å². The first-order valence-corrected chi connectivity index (χ1v) is 7.50. The molecule has 1 aromatic rings. The first kappa shape index (κ1) is 16.2. The molecule has 2 heteroatoms. The van der Waals surface area contributed by atoms with E-state index in [-0.39, 0.29) is 6.10 Å². The summed E-state index contributed by atoms with van der Waals surface area (Å²) < 4.78 is 5.77. The zero-order chi connectivity index (χ0) is 14.1. The van der Waals surface area contributed by atoms with Crippen LogP contribution in [0.2, 0.25) is 0 Å². The van der Waals surface area contributed by atoms with E-state index < -0.39 is 0 Å². The Morgan fingerprint density at radius 1 is 1.11 bits per heavy atom. The van der Waals surface area contributed by atoms with Gasteiger partial charge < -0.3 is 10.1 Å². The molecule has 0 fully saturated rings. The lowest BCUT2D eigenvalue weighted by Crippen LogP contribution is -2.36. The molecule has 0 bridgehead atoms. The van der Waals surface area contributed by atoms with Gasteiger partial charge in [-0.1, -0.05) is 51.1 Å². The topological polar surface area (TPSA) is 21.3 Å². The van der Waals surface area contributed by atoms with Crippen LogP contribution >= 0.6 is 0 Å². The molecule has 0 aliphatic rings. The van der Waals surface area contributed by atoms with Gasteiger partial charge in [0.05, 0.1) is 6.10 Å². The van der Waals surface area contributed by atoms with Crippen molar-refractivity contribution < 1.29 is 4.74 Å². The third-order valence-corrected chi connectivity index (χ3v) is 3.46. The number of nitrogens with one attached hydrogen (secondary N) is 1. The highest BCUT2D eigenvalue weighted by Gasteiger charge is 2.22. The average Bonchev–Trinajstić information content (AvgIpc) is 2.43. The number of hydrogen-bond donors (Lipinski definition) is 1. The van der Waals surface area contributed by atoms with Gasteiger partial charge in [-0.05, 0) is 37.3 Å². The summed E-state index contributed by atoms with van der Waals surface area (Å²) in [6.07, 6.45) is 3.69. The van der Waals surface area contributed by atoms with E-state index in [1.165, 1.54) is 12.0 Å². The highest BCUT2D eigenvalue weighted by molar-refractivity contribution is 5.19. The lowest BCUT2D eigenvalue weighted by atomic mass is 9.95. The third-order valence-electron chi connectivity index (χ3n) is 3.46. The molecule has 1 rings (SSSR count). The van der Waals surface area contributed by atoms with Crippen LogP contribution in [0.4, 0.5) is 0 Å². The molecule has 2 unspecified atom stereocenters. The fourth-order valence-electron chi connectivity index (χ4n) is 2.38. The van der Waals surface area contributed by atoms with E-state index in [1.54, 1.807) is 0 Å². The summed E-state index contributed by atoms with van der Waals surface area (Å²) in [5.74, 6) is 0.735. The highest BCUT2D eigenvalue weighted by Crippen LogP contribution is 2.24. The fraction of sp³-hybridized carbons (Fsp3) is 0.647. The van der Waals surface area contributed by atoms with E-state index >= 15 is 0 Å². The Morgan fingerprint density at radius 3 is 2.32 bits per heavy atom. The molecular weight excluding hydrogens is 234 g/mol. The van der Waals surface area contributed by atoms with Gasteiger partial charge in [0.1, 0.15) is 0 Å². The summed E-state index contributed by atoms with van der Waals surface area (Å²) in [6, 6.07) is 10.9. The highest BCUT2D eigenvalue weighted by atomic mass is 16.5. The molecule has 0 heterocycles. The number of rotatable bonds is 9. The van der Waals surface area contributed by atoms with Crippen molar-refractivity contribution in [2.24, 2.45) is 5.92 Å². The molecule has 2 atom stereocenters. The molecule has 108 valence electrons.